The molecule has 0 radical (unpaired) electrons. The molecule has 0 saturated heterocycles. The maximum Gasteiger partial charge on any atom is 0.304 e. The highest BCUT2D eigenvalue weighted by molar-refractivity contribution is 5.68. The van der Waals surface area contributed by atoms with Crippen LogP contribution in [0.15, 0.2) is 30.3 Å². The molecule has 0 unspecified atom stereocenters. The quantitative estimate of drug-likeness (QED) is 0.687. The van der Waals surface area contributed by atoms with Gasteiger partial charge in [0.25, 0.3) is 0 Å². The Morgan fingerprint density at radius 2 is 2.20 bits per heavy atom. The van der Waals surface area contributed by atoms with Crippen LogP contribution in [0.3, 0.4) is 0 Å². The standard InChI is InChI=1S/C12H11NO2/c1-9(14)15-12(8-13)7-11(12)10-5-3-2-4-6-10/h2-6,11H,7H2,1H3/t11-,12-/m1/s1. The Balaban J connectivity index is 2.17. The summed E-state index contributed by atoms with van der Waals surface area (Å²) < 4.78 is 5.06. The van der Waals surface area contributed by atoms with Crippen molar-refractivity contribution in [2.45, 2.75) is 24.9 Å². The van der Waals surface area contributed by atoms with Gasteiger partial charge in [-0.1, -0.05) is 30.3 Å². The van der Waals surface area contributed by atoms with Crippen molar-refractivity contribution in [2.75, 3.05) is 0 Å². The summed E-state index contributed by atoms with van der Waals surface area (Å²) >= 11 is 0. The fraction of sp³-hybridized carbons (Fsp3) is 0.333. The lowest BCUT2D eigenvalue weighted by Crippen LogP contribution is -2.17. The monoisotopic (exact) mass is 201 g/mol. The molecule has 1 fully saturated rings. The highest BCUT2D eigenvalue weighted by Crippen LogP contribution is 2.53. The largest absolute Gasteiger partial charge is 0.443 e. The molecule has 0 bridgehead atoms. The van der Waals surface area contributed by atoms with Crippen molar-refractivity contribution in [3.05, 3.63) is 35.9 Å². The zero-order chi connectivity index (χ0) is 10.9. The number of nitriles is 1. The fourth-order valence-electron chi connectivity index (χ4n) is 1.83. The van der Waals surface area contributed by atoms with Gasteiger partial charge in [0, 0.05) is 19.3 Å². The van der Waals surface area contributed by atoms with E-state index < -0.39 is 11.6 Å². The van der Waals surface area contributed by atoms with Gasteiger partial charge in [-0.3, -0.25) is 4.79 Å². The Bertz CT molecular complexity index is 421. The van der Waals surface area contributed by atoms with Crippen LogP contribution in [0, 0.1) is 11.3 Å². The summed E-state index contributed by atoms with van der Waals surface area (Å²) in [4.78, 5) is 10.9. The minimum atomic E-state index is -0.910. The first-order chi connectivity index (χ1) is 7.18. The molecule has 2 atom stereocenters. The van der Waals surface area contributed by atoms with Gasteiger partial charge >= 0.3 is 5.97 Å². The minimum absolute atomic E-state index is 0.0348. The third kappa shape index (κ3) is 1.71. The third-order valence-electron chi connectivity index (χ3n) is 2.63. The van der Waals surface area contributed by atoms with Gasteiger partial charge in [-0.15, -0.1) is 0 Å². The number of hydrogen-bond acceptors (Lipinski definition) is 3. The Morgan fingerprint density at radius 3 is 2.73 bits per heavy atom. The molecule has 3 nitrogen and oxygen atoms in total. The number of carbonyl (C=O) groups excluding carboxylic acids is 1. The molecule has 2 rings (SSSR count). The van der Waals surface area contributed by atoms with Gasteiger partial charge in [0.15, 0.2) is 0 Å². The van der Waals surface area contributed by atoms with E-state index in [2.05, 4.69) is 6.07 Å². The Hall–Kier alpha value is -1.82. The van der Waals surface area contributed by atoms with E-state index in [4.69, 9.17) is 10.00 Å². The van der Waals surface area contributed by atoms with E-state index in [9.17, 15) is 4.79 Å². The van der Waals surface area contributed by atoms with Crippen LogP contribution in [0.2, 0.25) is 0 Å². The molecule has 0 spiro atoms. The van der Waals surface area contributed by atoms with Crippen LogP contribution in [-0.4, -0.2) is 11.6 Å². The summed E-state index contributed by atoms with van der Waals surface area (Å²) in [5, 5.41) is 9.01. The molecule has 1 aromatic rings. The molecule has 1 aliphatic rings. The predicted octanol–water partition coefficient (Wildman–Crippen LogP) is 2.00. The van der Waals surface area contributed by atoms with Crippen LogP contribution in [-0.2, 0) is 9.53 Å². The number of hydrogen-bond donors (Lipinski definition) is 0. The van der Waals surface area contributed by atoms with E-state index in [1.54, 1.807) is 0 Å². The van der Waals surface area contributed by atoms with Crippen LogP contribution >= 0.6 is 0 Å². The normalized spacial score (nSPS) is 27.9. The van der Waals surface area contributed by atoms with Gasteiger partial charge in [-0.2, -0.15) is 5.26 Å². The highest BCUT2D eigenvalue weighted by atomic mass is 16.6. The number of rotatable bonds is 2. The molecular weight excluding hydrogens is 190 g/mol. The molecule has 3 heteroatoms. The van der Waals surface area contributed by atoms with E-state index in [0.29, 0.717) is 6.42 Å². The number of benzene rings is 1. The first-order valence-electron chi connectivity index (χ1n) is 4.84. The average Bonchev–Trinajstić information content (AvgIpc) is 2.94. The fourth-order valence-corrected chi connectivity index (χ4v) is 1.83. The zero-order valence-electron chi connectivity index (χ0n) is 8.43. The Labute approximate surface area is 88.3 Å². The highest BCUT2D eigenvalue weighted by Gasteiger charge is 2.59. The zero-order valence-corrected chi connectivity index (χ0v) is 8.43. The summed E-state index contributed by atoms with van der Waals surface area (Å²) in [6, 6.07) is 11.8. The van der Waals surface area contributed by atoms with E-state index in [0.717, 1.165) is 5.56 Å². The molecule has 0 aliphatic heterocycles. The van der Waals surface area contributed by atoms with Crippen LogP contribution in [0.4, 0.5) is 0 Å². The van der Waals surface area contributed by atoms with Crippen molar-refractivity contribution < 1.29 is 9.53 Å². The molecule has 0 aromatic heterocycles. The van der Waals surface area contributed by atoms with Crippen molar-refractivity contribution in [3.8, 4) is 6.07 Å². The van der Waals surface area contributed by atoms with E-state index in [-0.39, 0.29) is 5.92 Å². The summed E-state index contributed by atoms with van der Waals surface area (Å²) in [6.45, 7) is 1.33. The molecule has 1 saturated carbocycles. The van der Waals surface area contributed by atoms with Gasteiger partial charge < -0.3 is 4.74 Å². The molecule has 0 N–H and O–H groups in total. The van der Waals surface area contributed by atoms with Crippen LogP contribution in [0.1, 0.15) is 24.8 Å². The van der Waals surface area contributed by atoms with Gasteiger partial charge in [0.1, 0.15) is 6.07 Å². The number of ether oxygens (including phenoxy) is 1. The molecule has 1 aliphatic carbocycles. The minimum Gasteiger partial charge on any atom is -0.443 e. The van der Waals surface area contributed by atoms with Crippen molar-refractivity contribution >= 4 is 5.97 Å². The van der Waals surface area contributed by atoms with Gasteiger partial charge in [-0.05, 0) is 5.56 Å². The van der Waals surface area contributed by atoms with Gasteiger partial charge in [-0.25, -0.2) is 0 Å². The summed E-state index contributed by atoms with van der Waals surface area (Å²) in [7, 11) is 0. The maximum absolute atomic E-state index is 10.9. The molecule has 1 aromatic carbocycles. The smallest absolute Gasteiger partial charge is 0.304 e. The second-order valence-corrected chi connectivity index (χ2v) is 3.76. The lowest BCUT2D eigenvalue weighted by molar-refractivity contribution is -0.145. The SMILES string of the molecule is CC(=O)O[C@@]1(C#N)C[C@@H]1c1ccccc1. The summed E-state index contributed by atoms with van der Waals surface area (Å²) in [6.07, 6.45) is 0.604. The number of esters is 1. The summed E-state index contributed by atoms with van der Waals surface area (Å²) in [5.74, 6) is -0.359. The second-order valence-electron chi connectivity index (χ2n) is 3.76. The van der Waals surface area contributed by atoms with Crippen LogP contribution in [0.25, 0.3) is 0 Å². The predicted molar refractivity (Wildman–Crippen MR) is 53.9 cm³/mol. The van der Waals surface area contributed by atoms with Crippen molar-refractivity contribution in [1.29, 1.82) is 5.26 Å². The van der Waals surface area contributed by atoms with Gasteiger partial charge in [0.05, 0.1) is 0 Å². The van der Waals surface area contributed by atoms with E-state index in [1.165, 1.54) is 6.92 Å². The molecule has 0 heterocycles. The van der Waals surface area contributed by atoms with Crippen molar-refractivity contribution in [1.82, 2.24) is 0 Å². The second kappa shape index (κ2) is 3.39. The molecule has 15 heavy (non-hydrogen) atoms. The topological polar surface area (TPSA) is 50.1 Å². The lowest BCUT2D eigenvalue weighted by atomic mass is 10.1. The molecule has 0 amide bonds. The number of carbonyl (C=O) groups is 1. The first-order valence-corrected chi connectivity index (χ1v) is 4.84. The molecule has 76 valence electrons. The summed E-state index contributed by atoms with van der Waals surface area (Å²) in [5.41, 5.74) is 0.146. The number of nitrogens with zero attached hydrogens (tertiary/aromatic N) is 1. The van der Waals surface area contributed by atoms with Crippen molar-refractivity contribution in [2.24, 2.45) is 0 Å². The van der Waals surface area contributed by atoms with Crippen LogP contribution < -0.4 is 0 Å². The Kier molecular flexibility index (Phi) is 2.20. The van der Waals surface area contributed by atoms with Gasteiger partial charge in [0.2, 0.25) is 5.60 Å². The van der Waals surface area contributed by atoms with Crippen LogP contribution in [0.5, 0.6) is 0 Å². The molecular formula is C12H11NO2. The van der Waals surface area contributed by atoms with E-state index in [1.807, 2.05) is 30.3 Å². The maximum atomic E-state index is 10.9. The van der Waals surface area contributed by atoms with Crippen molar-refractivity contribution in [3.63, 3.8) is 0 Å². The lowest BCUT2D eigenvalue weighted by Gasteiger charge is -2.08. The van der Waals surface area contributed by atoms with E-state index >= 15 is 0 Å². The first kappa shape index (κ1) is 9.72. The average molecular weight is 201 g/mol. The Morgan fingerprint density at radius 1 is 1.53 bits per heavy atom. The third-order valence-corrected chi connectivity index (χ3v) is 2.63.